The van der Waals surface area contributed by atoms with Gasteiger partial charge in [-0.1, -0.05) is 267 Å². The molecular weight excluding hydrogens is 1040 g/mol. The van der Waals surface area contributed by atoms with Crippen molar-refractivity contribution in [2.24, 2.45) is 0 Å². The minimum Gasteiger partial charge on any atom is -0.376 e. The normalized spacial score (nSPS) is 13.7. The molecule has 0 radical (unpaired) electrons. The number of anilines is 6. The zero-order valence-electron chi connectivity index (χ0n) is 46.4. The van der Waals surface area contributed by atoms with Gasteiger partial charge in [-0.05, 0) is 123 Å². The monoisotopic (exact) mass is 1090 g/mol. The van der Waals surface area contributed by atoms with Crippen LogP contribution in [0, 0.1) is 0 Å². The lowest BCUT2D eigenvalue weighted by molar-refractivity contribution is 1.35. The van der Waals surface area contributed by atoms with E-state index in [1.54, 1.807) is 0 Å². The van der Waals surface area contributed by atoms with E-state index in [0.29, 0.717) is 0 Å². The van der Waals surface area contributed by atoms with Gasteiger partial charge in [0.1, 0.15) is 0 Å². The summed E-state index contributed by atoms with van der Waals surface area (Å²) < 4.78 is 0. The van der Waals surface area contributed by atoms with Crippen molar-refractivity contribution < 1.29 is 0 Å². The van der Waals surface area contributed by atoms with Crippen LogP contribution in [-0.2, 0) is 0 Å². The Morgan fingerprint density at radius 1 is 0.176 bits per heavy atom. The third kappa shape index (κ3) is 6.37. The highest BCUT2D eigenvalue weighted by Gasteiger charge is 2.50. The van der Waals surface area contributed by atoms with Gasteiger partial charge in [-0.15, -0.1) is 0 Å². The minimum absolute atomic E-state index is 0.0174. The SMILES string of the molecule is c1ccc([Si](c2ccc3c(c2)-c2ccccc2N2B3c3ccccc3-c3ccccc32)(c2ccc3c(c2)-c2ccccc2N2B3c3ccccc3-c3ccccc32)c2ccc3c(c2)-c2ccccc2N2B3c3ccccc3-c3ccccc32)cc1. The van der Waals surface area contributed by atoms with Crippen LogP contribution in [0.4, 0.5) is 34.1 Å². The van der Waals surface area contributed by atoms with E-state index in [2.05, 4.69) is 318 Å². The van der Waals surface area contributed by atoms with Crippen LogP contribution in [0.15, 0.2) is 303 Å². The van der Waals surface area contributed by atoms with Gasteiger partial charge in [-0.25, -0.2) is 0 Å². The Bertz CT molecular complexity index is 4540. The maximum atomic E-state index is 2.65. The van der Waals surface area contributed by atoms with E-state index in [9.17, 15) is 0 Å². The molecule has 3 nitrogen and oxygen atoms in total. The Hall–Kier alpha value is -10.3. The van der Waals surface area contributed by atoms with E-state index >= 15 is 0 Å². The van der Waals surface area contributed by atoms with Crippen molar-refractivity contribution in [3.05, 3.63) is 303 Å². The molecule has 0 spiro atoms. The topological polar surface area (TPSA) is 9.72 Å². The highest BCUT2D eigenvalue weighted by atomic mass is 28.3. The fraction of sp³-hybridized carbons (Fsp3) is 0. The molecule has 7 heteroatoms. The average Bonchev–Trinajstić information content (AvgIpc) is 1.09. The second-order valence-corrected chi connectivity index (χ2v) is 27.5. The molecule has 13 aromatic rings. The van der Waals surface area contributed by atoms with Gasteiger partial charge in [0.05, 0.1) is 0 Å². The molecule has 0 aromatic heterocycles. The van der Waals surface area contributed by atoms with Gasteiger partial charge in [0.15, 0.2) is 8.07 Å². The van der Waals surface area contributed by atoms with Crippen LogP contribution in [0.25, 0.3) is 66.8 Å². The van der Waals surface area contributed by atoms with Gasteiger partial charge in [-0.2, -0.15) is 0 Å². The average molecular weight is 1090 g/mol. The lowest BCUT2D eigenvalue weighted by Crippen LogP contribution is -2.75. The maximum Gasteiger partial charge on any atom is 0.329 e. The second-order valence-electron chi connectivity index (χ2n) is 23.7. The van der Waals surface area contributed by atoms with Crippen LogP contribution in [0.2, 0.25) is 0 Å². The molecule has 0 aliphatic carbocycles. The molecule has 0 saturated carbocycles. The van der Waals surface area contributed by atoms with Crippen molar-refractivity contribution in [3.8, 4) is 66.8 Å². The van der Waals surface area contributed by atoms with Gasteiger partial charge in [0.25, 0.3) is 0 Å². The van der Waals surface area contributed by atoms with Gasteiger partial charge in [0.2, 0.25) is 0 Å². The zero-order valence-corrected chi connectivity index (χ0v) is 47.4. The molecule has 0 unspecified atom stereocenters. The standard InChI is InChI=1S/C78H50B3N3Si/c1-2-22-51(23-3-1)85(52-42-45-70-64(48-52)61-30-10-19-39-76(61)82-73-36-16-7-27-58(73)55-24-4-13-33-67(55)79(70)82,53-43-46-71-65(49-53)62-31-11-20-40-77(62)83-74-37-17-8-28-59(74)56-25-5-14-34-68(56)80(71)83)54-44-47-72-66(50-54)63-32-12-21-41-78(63)84-75-38-18-9-29-60(75)57-26-6-15-35-69(57)81(72)84/h1-50H. The molecule has 13 aromatic carbocycles. The van der Waals surface area contributed by atoms with Gasteiger partial charge >= 0.3 is 20.5 Å². The number of hydrogen-bond acceptors (Lipinski definition) is 3. The number of fused-ring (bicyclic) bond motifs is 33. The Morgan fingerprint density at radius 3 is 0.694 bits per heavy atom. The Morgan fingerprint density at radius 2 is 0.400 bits per heavy atom. The summed E-state index contributed by atoms with van der Waals surface area (Å²) >= 11 is 0. The summed E-state index contributed by atoms with van der Waals surface area (Å²) in [4.78, 5) is 7.86. The quantitative estimate of drug-likeness (QED) is 0.128. The van der Waals surface area contributed by atoms with E-state index in [0.717, 1.165) is 0 Å². The summed E-state index contributed by atoms with van der Waals surface area (Å²) in [6.45, 7) is -0.0521. The molecule has 6 aliphatic rings. The first-order valence-corrected chi connectivity index (χ1v) is 31.9. The summed E-state index contributed by atoms with van der Waals surface area (Å²) in [6, 6.07) is 117. The molecular formula is C78H50B3N3Si. The van der Waals surface area contributed by atoms with E-state index < -0.39 is 8.07 Å². The Labute approximate surface area is 497 Å². The third-order valence-corrected chi connectivity index (χ3v) is 24.5. The largest absolute Gasteiger partial charge is 0.376 e. The maximum absolute atomic E-state index is 3.40. The summed E-state index contributed by atoms with van der Waals surface area (Å²) in [5, 5.41) is 5.42. The van der Waals surface area contributed by atoms with Crippen molar-refractivity contribution in [2.75, 3.05) is 14.4 Å². The molecule has 0 atom stereocenters. The number of nitrogens with zero attached hydrogens (tertiary/aromatic N) is 3. The number of hydrogen-bond donors (Lipinski definition) is 0. The van der Waals surface area contributed by atoms with E-state index in [4.69, 9.17) is 0 Å². The van der Waals surface area contributed by atoms with Crippen LogP contribution in [0.3, 0.4) is 0 Å². The van der Waals surface area contributed by atoms with Crippen molar-refractivity contribution in [2.45, 2.75) is 0 Å². The molecule has 0 amide bonds. The summed E-state index contributed by atoms with van der Waals surface area (Å²) in [5.74, 6) is 0. The molecule has 85 heavy (non-hydrogen) atoms. The number of benzene rings is 13. The molecule has 0 fully saturated rings. The van der Waals surface area contributed by atoms with Crippen LogP contribution in [0.1, 0.15) is 0 Å². The predicted molar refractivity (Wildman–Crippen MR) is 363 cm³/mol. The summed E-state index contributed by atoms with van der Waals surface area (Å²) in [6.07, 6.45) is 0. The summed E-state index contributed by atoms with van der Waals surface area (Å²) in [5.41, 5.74) is 30.8. The molecule has 0 bridgehead atoms. The molecule has 19 rings (SSSR count). The highest BCUT2D eigenvalue weighted by Crippen LogP contribution is 2.49. The van der Waals surface area contributed by atoms with Crippen molar-refractivity contribution in [3.63, 3.8) is 0 Å². The first-order chi connectivity index (χ1) is 42.2. The Balaban J connectivity index is 0.905. The van der Waals surface area contributed by atoms with Crippen LogP contribution in [0.5, 0.6) is 0 Å². The smallest absolute Gasteiger partial charge is 0.329 e. The van der Waals surface area contributed by atoms with E-state index in [-0.39, 0.29) is 20.5 Å². The lowest BCUT2D eigenvalue weighted by Gasteiger charge is -2.45. The molecule has 6 heterocycles. The van der Waals surface area contributed by atoms with Crippen molar-refractivity contribution in [1.82, 2.24) is 0 Å². The van der Waals surface area contributed by atoms with E-state index in [1.165, 1.54) is 154 Å². The minimum atomic E-state index is -3.40. The molecule has 390 valence electrons. The second kappa shape index (κ2) is 17.8. The predicted octanol–water partition coefficient (Wildman–Crippen LogP) is 11.8. The van der Waals surface area contributed by atoms with Crippen LogP contribution in [-0.4, -0.2) is 28.6 Å². The fourth-order valence-electron chi connectivity index (χ4n) is 16.4. The Kier molecular flexibility index (Phi) is 9.91. The third-order valence-electron chi connectivity index (χ3n) is 19.8. The van der Waals surface area contributed by atoms with Crippen LogP contribution >= 0.6 is 0 Å². The van der Waals surface area contributed by atoms with Gasteiger partial charge < -0.3 is 14.4 Å². The fourth-order valence-corrected chi connectivity index (χ4v) is 21.2. The molecule has 0 N–H and O–H groups in total. The summed E-state index contributed by atoms with van der Waals surface area (Å²) in [7, 11) is -3.40. The number of rotatable bonds is 4. The van der Waals surface area contributed by atoms with Crippen LogP contribution < -0.4 is 68.0 Å². The first kappa shape index (κ1) is 47.2. The highest BCUT2D eigenvalue weighted by molar-refractivity contribution is 7.20. The zero-order chi connectivity index (χ0) is 55.5. The van der Waals surface area contributed by atoms with Gasteiger partial charge in [0, 0.05) is 67.5 Å². The van der Waals surface area contributed by atoms with Gasteiger partial charge in [-0.3, -0.25) is 0 Å². The first-order valence-electron chi connectivity index (χ1n) is 29.9. The molecule has 6 aliphatic heterocycles. The number of para-hydroxylation sites is 6. The van der Waals surface area contributed by atoms with Crippen molar-refractivity contribution >= 4 is 116 Å². The lowest BCUT2D eigenvalue weighted by atomic mass is 9.43. The molecule has 0 saturated heterocycles. The van der Waals surface area contributed by atoms with Crippen molar-refractivity contribution in [1.29, 1.82) is 0 Å². The van der Waals surface area contributed by atoms with E-state index in [1.807, 2.05) is 0 Å².